The maximum absolute atomic E-state index is 6.07. The van der Waals surface area contributed by atoms with Gasteiger partial charge in [-0.3, -0.25) is 0 Å². The lowest BCUT2D eigenvalue weighted by Gasteiger charge is -2.13. The van der Waals surface area contributed by atoms with Gasteiger partial charge in [0.25, 0.3) is 0 Å². The smallest absolute Gasteiger partial charge is 0.0620 e. The highest BCUT2D eigenvalue weighted by Crippen LogP contribution is 2.27. The average molecular weight is 240 g/mol. The van der Waals surface area contributed by atoms with E-state index < -0.39 is 0 Å². The Balaban J connectivity index is 2.28. The average Bonchev–Trinajstić information content (AvgIpc) is 2.35. The van der Waals surface area contributed by atoms with Gasteiger partial charge < -0.3 is 11.1 Å². The Bertz CT molecular complexity index is 545. The Hall–Kier alpha value is -1.96. The van der Waals surface area contributed by atoms with E-state index in [2.05, 4.69) is 43.4 Å². The van der Waals surface area contributed by atoms with E-state index in [-0.39, 0.29) is 0 Å². The van der Waals surface area contributed by atoms with Gasteiger partial charge in [-0.2, -0.15) is 0 Å². The number of anilines is 3. The third-order valence-electron chi connectivity index (χ3n) is 3.16. The molecule has 0 aliphatic carbocycles. The fraction of sp³-hybridized carbons (Fsp3) is 0.250. The highest BCUT2D eigenvalue weighted by molar-refractivity contribution is 5.75. The molecule has 0 radical (unpaired) electrons. The van der Waals surface area contributed by atoms with Gasteiger partial charge in [0.2, 0.25) is 0 Å². The number of nitrogen functional groups attached to an aromatic ring is 1. The lowest BCUT2D eigenvalue weighted by molar-refractivity contribution is 0.867. The fourth-order valence-corrected chi connectivity index (χ4v) is 1.92. The van der Waals surface area contributed by atoms with E-state index in [0.29, 0.717) is 5.92 Å². The van der Waals surface area contributed by atoms with Crippen LogP contribution in [0.1, 0.15) is 30.9 Å². The van der Waals surface area contributed by atoms with Crippen LogP contribution in [0.25, 0.3) is 0 Å². The first-order valence-electron chi connectivity index (χ1n) is 6.30. The van der Waals surface area contributed by atoms with Crippen molar-refractivity contribution in [2.75, 3.05) is 11.1 Å². The molecule has 2 nitrogen and oxygen atoms in total. The SMILES string of the molecule is Cc1cccc(Nc2cccc(C(C)C)c2)c1N. The third-order valence-corrected chi connectivity index (χ3v) is 3.16. The molecule has 0 spiro atoms. The molecule has 18 heavy (non-hydrogen) atoms. The molecule has 3 N–H and O–H groups in total. The summed E-state index contributed by atoms with van der Waals surface area (Å²) in [6.07, 6.45) is 0. The van der Waals surface area contributed by atoms with E-state index in [1.54, 1.807) is 0 Å². The molecule has 2 rings (SSSR count). The lowest BCUT2D eigenvalue weighted by Crippen LogP contribution is -1.99. The first-order chi connectivity index (χ1) is 8.58. The summed E-state index contributed by atoms with van der Waals surface area (Å²) in [5.41, 5.74) is 11.4. The molecule has 0 heterocycles. The molecule has 0 aromatic heterocycles. The summed E-state index contributed by atoms with van der Waals surface area (Å²) < 4.78 is 0. The van der Waals surface area contributed by atoms with Crippen LogP contribution >= 0.6 is 0 Å². The molecule has 2 heteroatoms. The molecule has 0 saturated heterocycles. The van der Waals surface area contributed by atoms with Crippen molar-refractivity contribution >= 4 is 17.1 Å². The zero-order valence-corrected chi connectivity index (χ0v) is 11.2. The number of para-hydroxylation sites is 1. The van der Waals surface area contributed by atoms with Gasteiger partial charge in [-0.05, 0) is 42.2 Å². The second-order valence-corrected chi connectivity index (χ2v) is 4.94. The molecule has 0 fully saturated rings. The first-order valence-corrected chi connectivity index (χ1v) is 6.30. The number of aryl methyl sites for hydroxylation is 1. The van der Waals surface area contributed by atoms with Gasteiger partial charge in [0.15, 0.2) is 0 Å². The second kappa shape index (κ2) is 5.13. The largest absolute Gasteiger partial charge is 0.397 e. The topological polar surface area (TPSA) is 38.0 Å². The molecule has 94 valence electrons. The number of rotatable bonds is 3. The second-order valence-electron chi connectivity index (χ2n) is 4.94. The van der Waals surface area contributed by atoms with Gasteiger partial charge in [-0.25, -0.2) is 0 Å². The summed E-state index contributed by atoms with van der Waals surface area (Å²) in [7, 11) is 0. The molecule has 0 bridgehead atoms. The Morgan fingerprint density at radius 3 is 2.50 bits per heavy atom. The normalized spacial score (nSPS) is 10.7. The van der Waals surface area contributed by atoms with Crippen LogP contribution in [0.5, 0.6) is 0 Å². The van der Waals surface area contributed by atoms with Gasteiger partial charge >= 0.3 is 0 Å². The summed E-state index contributed by atoms with van der Waals surface area (Å²) in [6, 6.07) is 14.5. The quantitative estimate of drug-likeness (QED) is 0.778. The molecule has 0 aliphatic rings. The molecule has 0 atom stereocenters. The van der Waals surface area contributed by atoms with E-state index in [1.165, 1.54) is 5.56 Å². The van der Waals surface area contributed by atoms with Crippen LogP contribution in [0.3, 0.4) is 0 Å². The maximum Gasteiger partial charge on any atom is 0.0620 e. The van der Waals surface area contributed by atoms with Crippen LogP contribution in [0.15, 0.2) is 42.5 Å². The predicted molar refractivity (Wildman–Crippen MR) is 79.4 cm³/mol. The maximum atomic E-state index is 6.07. The van der Waals surface area contributed by atoms with E-state index in [4.69, 9.17) is 5.73 Å². The van der Waals surface area contributed by atoms with Crippen molar-refractivity contribution in [3.05, 3.63) is 53.6 Å². The summed E-state index contributed by atoms with van der Waals surface area (Å²) in [5, 5.41) is 3.38. The van der Waals surface area contributed by atoms with Crippen LogP contribution in [0.2, 0.25) is 0 Å². The monoisotopic (exact) mass is 240 g/mol. The standard InChI is InChI=1S/C16H20N2/c1-11(2)13-7-5-8-14(10-13)18-15-9-4-6-12(3)16(15)17/h4-11,18H,17H2,1-3H3. The van der Waals surface area contributed by atoms with Crippen molar-refractivity contribution < 1.29 is 0 Å². The minimum atomic E-state index is 0.529. The predicted octanol–water partition coefficient (Wildman–Crippen LogP) is 4.44. The van der Waals surface area contributed by atoms with Crippen LogP contribution < -0.4 is 11.1 Å². The molecule has 0 amide bonds. The Labute approximate surface area is 109 Å². The molecule has 2 aromatic rings. The first kappa shape index (κ1) is 12.5. The summed E-state index contributed by atoms with van der Waals surface area (Å²) >= 11 is 0. The van der Waals surface area contributed by atoms with Crippen molar-refractivity contribution in [1.82, 2.24) is 0 Å². The van der Waals surface area contributed by atoms with E-state index in [1.807, 2.05) is 25.1 Å². The van der Waals surface area contributed by atoms with Crippen LogP contribution in [-0.2, 0) is 0 Å². The minimum Gasteiger partial charge on any atom is -0.397 e. The summed E-state index contributed by atoms with van der Waals surface area (Å²) in [4.78, 5) is 0. The van der Waals surface area contributed by atoms with Gasteiger partial charge in [-0.1, -0.05) is 38.1 Å². The van der Waals surface area contributed by atoms with Crippen molar-refractivity contribution in [3.8, 4) is 0 Å². The van der Waals surface area contributed by atoms with E-state index in [9.17, 15) is 0 Å². The lowest BCUT2D eigenvalue weighted by atomic mass is 10.0. The highest BCUT2D eigenvalue weighted by atomic mass is 14.9. The molecule has 0 saturated carbocycles. The fourth-order valence-electron chi connectivity index (χ4n) is 1.92. The molecule has 0 unspecified atom stereocenters. The number of nitrogens with two attached hydrogens (primary N) is 1. The van der Waals surface area contributed by atoms with E-state index in [0.717, 1.165) is 22.6 Å². The Morgan fingerprint density at radius 2 is 1.78 bits per heavy atom. The molecular weight excluding hydrogens is 220 g/mol. The summed E-state index contributed by atoms with van der Waals surface area (Å²) in [5.74, 6) is 0.529. The van der Waals surface area contributed by atoms with Gasteiger partial charge in [0.1, 0.15) is 0 Å². The zero-order valence-electron chi connectivity index (χ0n) is 11.2. The van der Waals surface area contributed by atoms with Gasteiger partial charge in [0, 0.05) is 5.69 Å². The third kappa shape index (κ3) is 2.65. The number of benzene rings is 2. The number of hydrogen-bond acceptors (Lipinski definition) is 2. The van der Waals surface area contributed by atoms with Gasteiger partial charge in [-0.15, -0.1) is 0 Å². The summed E-state index contributed by atoms with van der Waals surface area (Å²) in [6.45, 7) is 6.41. The molecule has 2 aromatic carbocycles. The van der Waals surface area contributed by atoms with Crippen molar-refractivity contribution in [2.45, 2.75) is 26.7 Å². The van der Waals surface area contributed by atoms with Crippen LogP contribution in [0.4, 0.5) is 17.1 Å². The Morgan fingerprint density at radius 1 is 1.06 bits per heavy atom. The van der Waals surface area contributed by atoms with Crippen molar-refractivity contribution in [3.63, 3.8) is 0 Å². The number of nitrogens with one attached hydrogen (secondary N) is 1. The van der Waals surface area contributed by atoms with Crippen LogP contribution in [-0.4, -0.2) is 0 Å². The van der Waals surface area contributed by atoms with Crippen molar-refractivity contribution in [1.29, 1.82) is 0 Å². The molecule has 0 aliphatic heterocycles. The van der Waals surface area contributed by atoms with Crippen molar-refractivity contribution in [2.24, 2.45) is 0 Å². The Kier molecular flexibility index (Phi) is 3.56. The number of hydrogen-bond donors (Lipinski definition) is 2. The van der Waals surface area contributed by atoms with Crippen LogP contribution in [0, 0.1) is 6.92 Å². The minimum absolute atomic E-state index is 0.529. The highest BCUT2D eigenvalue weighted by Gasteiger charge is 2.03. The van der Waals surface area contributed by atoms with E-state index >= 15 is 0 Å². The molecular formula is C16H20N2. The van der Waals surface area contributed by atoms with Gasteiger partial charge in [0.05, 0.1) is 11.4 Å². The zero-order chi connectivity index (χ0) is 13.1.